The van der Waals surface area contributed by atoms with E-state index in [0.717, 1.165) is 11.4 Å². The van der Waals surface area contributed by atoms with Crippen LogP contribution >= 0.6 is 11.3 Å². The van der Waals surface area contributed by atoms with Crippen LogP contribution in [-0.2, 0) is 11.2 Å². The molecule has 5 nitrogen and oxygen atoms in total. The number of carbonyl (C=O) groups excluding carboxylic acids is 1. The fourth-order valence-corrected chi connectivity index (χ4v) is 1.91. The fourth-order valence-electron chi connectivity index (χ4n) is 0.955. The monoisotopic (exact) mass is 228 g/mol. The maximum absolute atomic E-state index is 11.2. The molecule has 0 aromatic carbocycles. The minimum Gasteiger partial charge on any atom is -0.320 e. The summed E-state index contributed by atoms with van der Waals surface area (Å²) in [4.78, 5) is 11.2. The summed E-state index contributed by atoms with van der Waals surface area (Å²) in [6.07, 6.45) is 0.881. The van der Waals surface area contributed by atoms with Crippen molar-refractivity contribution in [2.45, 2.75) is 33.2 Å². The minimum atomic E-state index is -0.526. The summed E-state index contributed by atoms with van der Waals surface area (Å²) in [5, 5.41) is 11.9. The number of rotatable bonds is 4. The van der Waals surface area contributed by atoms with E-state index in [2.05, 4.69) is 29.4 Å². The first-order valence-electron chi connectivity index (χ1n) is 4.88. The molecule has 1 heterocycles. The van der Waals surface area contributed by atoms with Gasteiger partial charge in [0.15, 0.2) is 0 Å². The van der Waals surface area contributed by atoms with Crippen molar-refractivity contribution in [3.05, 3.63) is 5.01 Å². The molecule has 0 saturated carbocycles. The van der Waals surface area contributed by atoms with Gasteiger partial charge in [0.2, 0.25) is 11.0 Å². The van der Waals surface area contributed by atoms with Gasteiger partial charge in [-0.2, -0.15) is 0 Å². The lowest BCUT2D eigenvalue weighted by atomic mass is 10.1. The summed E-state index contributed by atoms with van der Waals surface area (Å²) in [6, 6.07) is -0.526. The van der Waals surface area contributed by atoms with Crippen molar-refractivity contribution < 1.29 is 4.79 Å². The van der Waals surface area contributed by atoms with E-state index in [1.165, 1.54) is 11.3 Å². The van der Waals surface area contributed by atoms with E-state index in [-0.39, 0.29) is 5.91 Å². The molecule has 0 spiro atoms. The zero-order valence-electron chi connectivity index (χ0n) is 9.15. The van der Waals surface area contributed by atoms with Crippen molar-refractivity contribution in [1.82, 2.24) is 10.2 Å². The molecule has 0 fully saturated rings. The third kappa shape index (κ3) is 3.93. The Hall–Kier alpha value is -1.01. The van der Waals surface area contributed by atoms with E-state index in [1.54, 1.807) is 6.92 Å². The van der Waals surface area contributed by atoms with E-state index >= 15 is 0 Å². The molecule has 0 aliphatic rings. The number of amides is 1. The predicted octanol–water partition coefficient (Wildman–Crippen LogP) is 1.02. The second kappa shape index (κ2) is 5.18. The Bertz CT molecular complexity index is 335. The maximum atomic E-state index is 11.2. The van der Waals surface area contributed by atoms with Crippen molar-refractivity contribution in [2.75, 3.05) is 5.32 Å². The highest BCUT2D eigenvalue weighted by Gasteiger charge is 2.11. The molecular formula is C9H16N4OS. The lowest BCUT2D eigenvalue weighted by Gasteiger charge is -2.02. The van der Waals surface area contributed by atoms with E-state index in [1.807, 2.05) is 0 Å². The van der Waals surface area contributed by atoms with Crippen molar-refractivity contribution in [3.63, 3.8) is 0 Å². The summed E-state index contributed by atoms with van der Waals surface area (Å²) in [5.41, 5.74) is 5.42. The molecule has 0 aliphatic carbocycles. The normalized spacial score (nSPS) is 12.9. The lowest BCUT2D eigenvalue weighted by molar-refractivity contribution is -0.117. The van der Waals surface area contributed by atoms with Crippen LogP contribution in [0.25, 0.3) is 0 Å². The zero-order chi connectivity index (χ0) is 11.4. The number of nitrogens with two attached hydrogens (primary N) is 1. The number of anilines is 1. The van der Waals surface area contributed by atoms with Crippen LogP contribution in [0, 0.1) is 5.92 Å². The van der Waals surface area contributed by atoms with Crippen LogP contribution in [0.3, 0.4) is 0 Å². The van der Waals surface area contributed by atoms with Gasteiger partial charge in [-0.15, -0.1) is 10.2 Å². The molecule has 1 atom stereocenters. The first kappa shape index (κ1) is 12.1. The van der Waals surface area contributed by atoms with Gasteiger partial charge < -0.3 is 5.73 Å². The highest BCUT2D eigenvalue weighted by molar-refractivity contribution is 7.15. The van der Waals surface area contributed by atoms with E-state index in [4.69, 9.17) is 5.73 Å². The van der Waals surface area contributed by atoms with Gasteiger partial charge in [0.05, 0.1) is 6.04 Å². The Balaban J connectivity index is 2.56. The van der Waals surface area contributed by atoms with E-state index < -0.39 is 6.04 Å². The average Bonchev–Trinajstić information content (AvgIpc) is 2.51. The third-order valence-corrected chi connectivity index (χ3v) is 2.55. The average molecular weight is 228 g/mol. The van der Waals surface area contributed by atoms with E-state index in [9.17, 15) is 4.79 Å². The summed E-state index contributed by atoms with van der Waals surface area (Å²) < 4.78 is 0. The smallest absolute Gasteiger partial charge is 0.242 e. The fraction of sp³-hybridized carbons (Fsp3) is 0.667. The molecule has 1 rings (SSSR count). The van der Waals surface area contributed by atoms with Crippen molar-refractivity contribution in [1.29, 1.82) is 0 Å². The number of nitrogens with zero attached hydrogens (tertiary/aromatic N) is 2. The molecule has 3 N–H and O–H groups in total. The zero-order valence-corrected chi connectivity index (χ0v) is 9.97. The van der Waals surface area contributed by atoms with Crippen LogP contribution in [0.4, 0.5) is 5.13 Å². The molecule has 84 valence electrons. The highest BCUT2D eigenvalue weighted by atomic mass is 32.1. The molecule has 0 saturated heterocycles. The van der Waals surface area contributed by atoms with Gasteiger partial charge in [0, 0.05) is 6.42 Å². The molecule has 1 unspecified atom stereocenters. The molecule has 1 amide bonds. The standard InChI is InChI=1S/C9H16N4OS/c1-5(2)4-7-12-13-9(15-7)11-8(14)6(3)10/h5-6H,4,10H2,1-3H3,(H,11,13,14). The highest BCUT2D eigenvalue weighted by Crippen LogP contribution is 2.18. The number of aromatic nitrogens is 2. The molecular weight excluding hydrogens is 212 g/mol. The van der Waals surface area contributed by atoms with Gasteiger partial charge in [-0.25, -0.2) is 0 Å². The third-order valence-electron chi connectivity index (χ3n) is 1.69. The second-order valence-corrected chi connectivity index (χ2v) is 4.94. The van der Waals surface area contributed by atoms with Crippen LogP contribution in [0.15, 0.2) is 0 Å². The van der Waals surface area contributed by atoms with Gasteiger partial charge in [0.25, 0.3) is 0 Å². The molecule has 0 radical (unpaired) electrons. The molecule has 6 heteroatoms. The summed E-state index contributed by atoms with van der Waals surface area (Å²) in [6.45, 7) is 5.86. The Labute approximate surface area is 93.1 Å². The summed E-state index contributed by atoms with van der Waals surface area (Å²) in [5.74, 6) is 0.303. The van der Waals surface area contributed by atoms with Crippen molar-refractivity contribution in [2.24, 2.45) is 11.7 Å². The number of nitrogens with one attached hydrogen (secondary N) is 1. The van der Waals surface area contributed by atoms with Crippen LogP contribution in [0.2, 0.25) is 0 Å². The maximum Gasteiger partial charge on any atom is 0.242 e. The van der Waals surface area contributed by atoms with Crippen LogP contribution in [0.1, 0.15) is 25.8 Å². The van der Waals surface area contributed by atoms with Crippen LogP contribution in [-0.4, -0.2) is 22.1 Å². The van der Waals surface area contributed by atoms with Crippen molar-refractivity contribution in [3.8, 4) is 0 Å². The Morgan fingerprint density at radius 1 is 1.47 bits per heavy atom. The van der Waals surface area contributed by atoms with Gasteiger partial charge in [-0.05, 0) is 12.8 Å². The van der Waals surface area contributed by atoms with Gasteiger partial charge in [-0.3, -0.25) is 10.1 Å². The summed E-state index contributed by atoms with van der Waals surface area (Å²) >= 11 is 1.40. The first-order valence-corrected chi connectivity index (χ1v) is 5.69. The Kier molecular flexibility index (Phi) is 4.16. The van der Waals surface area contributed by atoms with Crippen LogP contribution in [0.5, 0.6) is 0 Å². The number of hydrogen-bond donors (Lipinski definition) is 2. The Morgan fingerprint density at radius 3 is 2.67 bits per heavy atom. The van der Waals surface area contributed by atoms with Crippen LogP contribution < -0.4 is 11.1 Å². The predicted molar refractivity (Wildman–Crippen MR) is 60.7 cm³/mol. The molecule has 15 heavy (non-hydrogen) atoms. The lowest BCUT2D eigenvalue weighted by Crippen LogP contribution is -2.32. The molecule has 1 aromatic rings. The van der Waals surface area contributed by atoms with Gasteiger partial charge in [0.1, 0.15) is 5.01 Å². The van der Waals surface area contributed by atoms with Gasteiger partial charge in [-0.1, -0.05) is 25.2 Å². The minimum absolute atomic E-state index is 0.234. The second-order valence-electron chi connectivity index (χ2n) is 3.88. The van der Waals surface area contributed by atoms with Gasteiger partial charge >= 0.3 is 0 Å². The quantitative estimate of drug-likeness (QED) is 0.806. The first-order chi connectivity index (χ1) is 6.99. The largest absolute Gasteiger partial charge is 0.320 e. The van der Waals surface area contributed by atoms with E-state index in [0.29, 0.717) is 11.0 Å². The van der Waals surface area contributed by atoms with Crippen molar-refractivity contribution >= 4 is 22.4 Å². The molecule has 0 aliphatic heterocycles. The topological polar surface area (TPSA) is 80.9 Å². The molecule has 1 aromatic heterocycles. The number of carbonyl (C=O) groups is 1. The number of hydrogen-bond acceptors (Lipinski definition) is 5. The SMILES string of the molecule is CC(C)Cc1nnc(NC(=O)C(C)N)s1. The molecule has 0 bridgehead atoms. The Morgan fingerprint density at radius 2 is 2.13 bits per heavy atom. The summed E-state index contributed by atoms with van der Waals surface area (Å²) in [7, 11) is 0.